The van der Waals surface area contributed by atoms with Crippen molar-refractivity contribution in [1.82, 2.24) is 0 Å². The molecule has 0 fully saturated rings. The number of benzene rings is 1. The van der Waals surface area contributed by atoms with Crippen LogP contribution >= 0.6 is 22.6 Å². The number of hydrogen-bond donors (Lipinski definition) is 2. The lowest BCUT2D eigenvalue weighted by atomic mass is 10.2. The fourth-order valence-corrected chi connectivity index (χ4v) is 2.40. The van der Waals surface area contributed by atoms with Crippen LogP contribution in [0.1, 0.15) is 13.3 Å². The molecule has 0 aromatic heterocycles. The van der Waals surface area contributed by atoms with E-state index in [9.17, 15) is 0 Å². The normalized spacial score (nSPS) is 10.3. The van der Waals surface area contributed by atoms with Crippen molar-refractivity contribution < 1.29 is 5.11 Å². The van der Waals surface area contributed by atoms with Crippen LogP contribution in [-0.2, 0) is 0 Å². The summed E-state index contributed by atoms with van der Waals surface area (Å²) in [5.74, 6) is 0. The lowest BCUT2D eigenvalue weighted by Crippen LogP contribution is -2.28. The van der Waals surface area contributed by atoms with E-state index >= 15 is 0 Å². The van der Waals surface area contributed by atoms with E-state index in [1.807, 2.05) is 18.2 Å². The predicted molar refractivity (Wildman–Crippen MR) is 73.2 cm³/mol. The highest BCUT2D eigenvalue weighted by Gasteiger charge is 2.08. The van der Waals surface area contributed by atoms with Gasteiger partial charge >= 0.3 is 0 Å². The number of nitrogens with zero attached hydrogens (tertiary/aromatic N) is 1. The summed E-state index contributed by atoms with van der Waals surface area (Å²) in [5, 5.41) is 9.00. The second-order valence-electron chi connectivity index (χ2n) is 3.42. The minimum Gasteiger partial charge on any atom is -0.399 e. The lowest BCUT2D eigenvalue weighted by Gasteiger charge is -2.24. The molecular weight excluding hydrogens is 303 g/mol. The predicted octanol–water partition coefficient (Wildman–Crippen LogP) is 2.08. The van der Waals surface area contributed by atoms with Crippen molar-refractivity contribution in [1.29, 1.82) is 0 Å². The van der Waals surface area contributed by atoms with Gasteiger partial charge in [-0.05, 0) is 47.2 Å². The van der Waals surface area contributed by atoms with Crippen LogP contribution in [-0.4, -0.2) is 24.8 Å². The molecule has 0 aliphatic heterocycles. The number of rotatable bonds is 5. The van der Waals surface area contributed by atoms with Crippen LogP contribution in [0.3, 0.4) is 0 Å². The Morgan fingerprint density at radius 3 is 2.67 bits per heavy atom. The Morgan fingerprint density at radius 2 is 2.13 bits per heavy atom. The standard InChI is InChI=1S/C11H17IN2O/c1-2-5-14(6-7-15)11-4-3-9(13)8-10(11)12/h3-4,8,15H,2,5-7,13H2,1H3. The average molecular weight is 320 g/mol. The van der Waals surface area contributed by atoms with Crippen LogP contribution in [0, 0.1) is 3.57 Å². The highest BCUT2D eigenvalue weighted by Crippen LogP contribution is 2.24. The summed E-state index contributed by atoms with van der Waals surface area (Å²) >= 11 is 2.28. The molecule has 0 saturated heterocycles. The zero-order valence-electron chi connectivity index (χ0n) is 8.91. The summed E-state index contributed by atoms with van der Waals surface area (Å²) in [7, 11) is 0. The molecule has 0 aliphatic rings. The van der Waals surface area contributed by atoms with Crippen molar-refractivity contribution in [3.63, 3.8) is 0 Å². The Balaban J connectivity index is 2.89. The number of nitrogens with two attached hydrogens (primary N) is 1. The van der Waals surface area contributed by atoms with Crippen LogP contribution in [0.15, 0.2) is 18.2 Å². The number of hydrogen-bond acceptors (Lipinski definition) is 3. The summed E-state index contributed by atoms with van der Waals surface area (Å²) in [6.07, 6.45) is 1.07. The lowest BCUT2D eigenvalue weighted by molar-refractivity contribution is 0.302. The van der Waals surface area contributed by atoms with Crippen LogP contribution < -0.4 is 10.6 Å². The van der Waals surface area contributed by atoms with Crippen LogP contribution in [0.25, 0.3) is 0 Å². The maximum Gasteiger partial charge on any atom is 0.0606 e. The first kappa shape index (κ1) is 12.6. The van der Waals surface area contributed by atoms with Gasteiger partial charge in [0.1, 0.15) is 0 Å². The molecule has 4 heteroatoms. The molecule has 1 rings (SSSR count). The Kier molecular flexibility index (Phi) is 5.17. The molecule has 0 amide bonds. The van der Waals surface area contributed by atoms with Gasteiger partial charge in [-0.1, -0.05) is 6.92 Å². The molecule has 0 radical (unpaired) electrons. The van der Waals surface area contributed by atoms with Gasteiger partial charge in [0, 0.05) is 22.3 Å². The molecule has 0 saturated carbocycles. The third-order valence-electron chi connectivity index (χ3n) is 2.18. The quantitative estimate of drug-likeness (QED) is 0.645. The van der Waals surface area contributed by atoms with Gasteiger partial charge in [-0.2, -0.15) is 0 Å². The first-order chi connectivity index (χ1) is 7.19. The first-order valence-electron chi connectivity index (χ1n) is 5.10. The molecule has 3 nitrogen and oxygen atoms in total. The van der Waals surface area contributed by atoms with Crippen molar-refractivity contribution in [2.24, 2.45) is 0 Å². The zero-order chi connectivity index (χ0) is 11.3. The Morgan fingerprint density at radius 1 is 1.40 bits per heavy atom. The van der Waals surface area contributed by atoms with Crippen molar-refractivity contribution in [3.8, 4) is 0 Å². The van der Waals surface area contributed by atoms with Crippen molar-refractivity contribution in [2.75, 3.05) is 30.3 Å². The molecule has 0 unspecified atom stereocenters. The van der Waals surface area contributed by atoms with Gasteiger partial charge in [0.05, 0.1) is 12.3 Å². The van der Waals surface area contributed by atoms with Gasteiger partial charge in [-0.25, -0.2) is 0 Å². The maximum atomic E-state index is 9.00. The molecule has 0 atom stereocenters. The maximum absolute atomic E-state index is 9.00. The number of anilines is 2. The van der Waals surface area contributed by atoms with Crippen molar-refractivity contribution in [3.05, 3.63) is 21.8 Å². The third-order valence-corrected chi connectivity index (χ3v) is 3.04. The summed E-state index contributed by atoms with van der Waals surface area (Å²) in [5.41, 5.74) is 7.64. The fourth-order valence-electron chi connectivity index (χ4n) is 1.52. The minimum absolute atomic E-state index is 0.181. The van der Waals surface area contributed by atoms with E-state index in [1.165, 1.54) is 0 Å². The molecule has 3 N–H and O–H groups in total. The Bertz CT molecular complexity index is 311. The summed E-state index contributed by atoms with van der Waals surface area (Å²) in [6, 6.07) is 5.87. The molecule has 0 aliphatic carbocycles. The zero-order valence-corrected chi connectivity index (χ0v) is 11.1. The van der Waals surface area contributed by atoms with Crippen molar-refractivity contribution in [2.45, 2.75) is 13.3 Å². The van der Waals surface area contributed by atoms with Crippen LogP contribution in [0.2, 0.25) is 0 Å². The average Bonchev–Trinajstić information content (AvgIpc) is 2.17. The van der Waals surface area contributed by atoms with Gasteiger partial charge in [-0.15, -0.1) is 0 Å². The Hall–Kier alpha value is -0.490. The van der Waals surface area contributed by atoms with Gasteiger partial charge in [0.25, 0.3) is 0 Å². The second kappa shape index (κ2) is 6.17. The van der Waals surface area contributed by atoms with Gasteiger partial charge < -0.3 is 15.7 Å². The molecule has 0 bridgehead atoms. The smallest absolute Gasteiger partial charge is 0.0606 e. The van der Waals surface area contributed by atoms with Gasteiger partial charge in [0.2, 0.25) is 0 Å². The highest BCUT2D eigenvalue weighted by molar-refractivity contribution is 14.1. The summed E-state index contributed by atoms with van der Waals surface area (Å²) in [6.45, 7) is 3.95. The molecule has 1 aromatic rings. The largest absolute Gasteiger partial charge is 0.399 e. The number of nitrogen functional groups attached to an aromatic ring is 1. The molecule has 15 heavy (non-hydrogen) atoms. The van der Waals surface area contributed by atoms with E-state index < -0.39 is 0 Å². The van der Waals surface area contributed by atoms with E-state index in [4.69, 9.17) is 10.8 Å². The van der Waals surface area contributed by atoms with E-state index in [0.717, 1.165) is 27.9 Å². The van der Waals surface area contributed by atoms with Crippen LogP contribution in [0.5, 0.6) is 0 Å². The topological polar surface area (TPSA) is 49.5 Å². The van der Waals surface area contributed by atoms with E-state index in [2.05, 4.69) is 34.4 Å². The second-order valence-corrected chi connectivity index (χ2v) is 4.58. The minimum atomic E-state index is 0.181. The molecule has 0 heterocycles. The SMILES string of the molecule is CCCN(CCO)c1ccc(N)cc1I. The van der Waals surface area contributed by atoms with Gasteiger partial charge in [0.15, 0.2) is 0 Å². The summed E-state index contributed by atoms with van der Waals surface area (Å²) in [4.78, 5) is 2.18. The first-order valence-corrected chi connectivity index (χ1v) is 6.17. The van der Waals surface area contributed by atoms with Crippen molar-refractivity contribution >= 4 is 34.0 Å². The molecular formula is C11H17IN2O. The fraction of sp³-hybridized carbons (Fsp3) is 0.455. The van der Waals surface area contributed by atoms with E-state index in [-0.39, 0.29) is 6.61 Å². The number of halogens is 1. The molecule has 1 aromatic carbocycles. The Labute approximate surface area is 104 Å². The van der Waals surface area contributed by atoms with Gasteiger partial charge in [-0.3, -0.25) is 0 Å². The monoisotopic (exact) mass is 320 g/mol. The molecule has 0 spiro atoms. The number of aliphatic hydroxyl groups is 1. The summed E-state index contributed by atoms with van der Waals surface area (Å²) < 4.78 is 1.13. The third kappa shape index (κ3) is 3.53. The molecule has 84 valence electrons. The van der Waals surface area contributed by atoms with E-state index in [0.29, 0.717) is 6.54 Å². The number of aliphatic hydroxyl groups excluding tert-OH is 1. The van der Waals surface area contributed by atoms with Crippen LogP contribution in [0.4, 0.5) is 11.4 Å². The highest BCUT2D eigenvalue weighted by atomic mass is 127. The van der Waals surface area contributed by atoms with E-state index in [1.54, 1.807) is 0 Å².